The van der Waals surface area contributed by atoms with Crippen LogP contribution >= 0.6 is 11.6 Å². The van der Waals surface area contributed by atoms with E-state index in [0.29, 0.717) is 24.5 Å². The molecule has 4 amide bonds. The van der Waals surface area contributed by atoms with Gasteiger partial charge in [0.15, 0.2) is 0 Å². The van der Waals surface area contributed by atoms with Crippen LogP contribution in [0.25, 0.3) is 0 Å². The van der Waals surface area contributed by atoms with Crippen molar-refractivity contribution in [1.29, 1.82) is 0 Å². The second kappa shape index (κ2) is 7.07. The maximum absolute atomic E-state index is 11.9. The number of urea groups is 1. The Morgan fingerprint density at radius 2 is 2.33 bits per heavy atom. The minimum atomic E-state index is -0.685. The van der Waals surface area contributed by atoms with Gasteiger partial charge in [-0.05, 0) is 12.8 Å². The summed E-state index contributed by atoms with van der Waals surface area (Å²) in [6.45, 7) is 1.08. The molecule has 1 aromatic heterocycles. The fourth-order valence-corrected chi connectivity index (χ4v) is 2.12. The first-order chi connectivity index (χ1) is 10.0. The van der Waals surface area contributed by atoms with E-state index in [2.05, 4.69) is 21.0 Å². The number of amides is 4. The van der Waals surface area contributed by atoms with Crippen LogP contribution in [-0.4, -0.2) is 40.2 Å². The smallest absolute Gasteiger partial charge is 0.322 e. The molecule has 1 saturated heterocycles. The molecular formula is C12H16ClN5O3. The zero-order valence-corrected chi connectivity index (χ0v) is 12.0. The van der Waals surface area contributed by atoms with Gasteiger partial charge >= 0.3 is 6.03 Å². The first kappa shape index (κ1) is 15.3. The number of hydrogen-bond donors (Lipinski definition) is 3. The minimum Gasteiger partial charge on any atom is -0.354 e. The molecule has 2 heterocycles. The Morgan fingerprint density at radius 1 is 1.52 bits per heavy atom. The number of aryl methyl sites for hydroxylation is 1. The van der Waals surface area contributed by atoms with Crippen LogP contribution in [0.2, 0.25) is 5.02 Å². The van der Waals surface area contributed by atoms with Gasteiger partial charge in [0.25, 0.3) is 0 Å². The van der Waals surface area contributed by atoms with Crippen molar-refractivity contribution in [3.63, 3.8) is 0 Å². The fraction of sp³-hybridized carbons (Fsp3) is 0.500. The number of imide groups is 1. The van der Waals surface area contributed by atoms with Crippen molar-refractivity contribution < 1.29 is 14.4 Å². The van der Waals surface area contributed by atoms with Gasteiger partial charge in [0.05, 0.1) is 11.2 Å². The Bertz CT molecular complexity index is 545. The lowest BCUT2D eigenvalue weighted by Crippen LogP contribution is -2.48. The van der Waals surface area contributed by atoms with Gasteiger partial charge in [0, 0.05) is 25.7 Å². The molecule has 1 aromatic rings. The first-order valence-corrected chi connectivity index (χ1v) is 6.98. The number of nitrogens with one attached hydrogen (secondary N) is 3. The number of carbonyl (C=O) groups excluding carboxylic acids is 3. The Balaban J connectivity index is 1.71. The molecule has 1 fully saturated rings. The van der Waals surface area contributed by atoms with Gasteiger partial charge in [-0.15, -0.1) is 0 Å². The van der Waals surface area contributed by atoms with Gasteiger partial charge in [-0.1, -0.05) is 11.6 Å². The number of aromatic nitrogens is 2. The molecule has 1 aliphatic heterocycles. The SMILES string of the molecule is O=C1CC[C@@H](C(=O)NCCCn2cc(Cl)cn2)NC(=O)N1. The molecule has 0 aliphatic carbocycles. The highest BCUT2D eigenvalue weighted by Crippen LogP contribution is 2.05. The van der Waals surface area contributed by atoms with Crippen molar-refractivity contribution >= 4 is 29.4 Å². The van der Waals surface area contributed by atoms with E-state index in [4.69, 9.17) is 11.6 Å². The highest BCUT2D eigenvalue weighted by Gasteiger charge is 2.25. The standard InChI is InChI=1S/C12H16ClN5O3/c13-8-6-15-18(7-8)5-1-4-14-11(20)9-2-3-10(19)17-12(21)16-9/h6-7,9H,1-5H2,(H,14,20)(H2,16,17,19,21)/t9-/m0/s1. The summed E-state index contributed by atoms with van der Waals surface area (Å²) in [4.78, 5) is 34.3. The number of nitrogens with zero attached hydrogens (tertiary/aromatic N) is 2. The molecule has 1 atom stereocenters. The summed E-state index contributed by atoms with van der Waals surface area (Å²) in [6, 6.07) is -1.32. The van der Waals surface area contributed by atoms with Crippen LogP contribution in [-0.2, 0) is 16.1 Å². The van der Waals surface area contributed by atoms with Crippen LogP contribution in [0.1, 0.15) is 19.3 Å². The van der Waals surface area contributed by atoms with Crippen molar-refractivity contribution in [3.05, 3.63) is 17.4 Å². The van der Waals surface area contributed by atoms with Gasteiger partial charge in [-0.25, -0.2) is 4.79 Å². The molecule has 0 unspecified atom stereocenters. The Morgan fingerprint density at radius 3 is 3.05 bits per heavy atom. The van der Waals surface area contributed by atoms with Gasteiger partial charge in [0.2, 0.25) is 11.8 Å². The first-order valence-electron chi connectivity index (χ1n) is 6.60. The zero-order valence-electron chi connectivity index (χ0n) is 11.3. The lowest BCUT2D eigenvalue weighted by Gasteiger charge is -2.14. The predicted molar refractivity (Wildman–Crippen MR) is 74.6 cm³/mol. The maximum atomic E-state index is 11.9. The molecule has 0 radical (unpaired) electrons. The minimum absolute atomic E-state index is 0.141. The van der Waals surface area contributed by atoms with E-state index in [1.54, 1.807) is 17.1 Å². The molecule has 0 spiro atoms. The van der Waals surface area contributed by atoms with Gasteiger partial charge in [-0.3, -0.25) is 19.6 Å². The van der Waals surface area contributed by atoms with E-state index >= 15 is 0 Å². The van der Waals surface area contributed by atoms with Crippen LogP contribution in [0, 0.1) is 0 Å². The number of hydrogen-bond acceptors (Lipinski definition) is 4. The molecular weight excluding hydrogens is 298 g/mol. The van der Waals surface area contributed by atoms with Crippen molar-refractivity contribution in [2.45, 2.75) is 31.8 Å². The van der Waals surface area contributed by atoms with E-state index < -0.39 is 12.1 Å². The average Bonchev–Trinajstić information content (AvgIpc) is 2.76. The lowest BCUT2D eigenvalue weighted by atomic mass is 10.1. The number of halogens is 1. The summed E-state index contributed by atoms with van der Waals surface area (Å²) >= 11 is 5.74. The molecule has 3 N–H and O–H groups in total. The summed E-state index contributed by atoms with van der Waals surface area (Å²) in [5.74, 6) is -0.670. The quantitative estimate of drug-likeness (QED) is 0.667. The van der Waals surface area contributed by atoms with Crippen LogP contribution in [0.4, 0.5) is 4.79 Å². The van der Waals surface area contributed by atoms with Crippen molar-refractivity contribution in [2.24, 2.45) is 0 Å². The normalized spacial score (nSPS) is 18.6. The lowest BCUT2D eigenvalue weighted by molar-refractivity contribution is -0.123. The zero-order chi connectivity index (χ0) is 15.2. The number of carbonyl (C=O) groups is 3. The fourth-order valence-electron chi connectivity index (χ4n) is 1.96. The second-order valence-electron chi connectivity index (χ2n) is 4.68. The third-order valence-electron chi connectivity index (χ3n) is 3.00. The van der Waals surface area contributed by atoms with E-state index in [1.807, 2.05) is 0 Å². The molecule has 2 rings (SSSR count). The predicted octanol–water partition coefficient (Wildman–Crippen LogP) is 0.0310. The largest absolute Gasteiger partial charge is 0.354 e. The van der Waals surface area contributed by atoms with Crippen LogP contribution in [0.15, 0.2) is 12.4 Å². The van der Waals surface area contributed by atoms with Gasteiger partial charge in [0.1, 0.15) is 6.04 Å². The van der Waals surface area contributed by atoms with Gasteiger partial charge in [-0.2, -0.15) is 5.10 Å². The van der Waals surface area contributed by atoms with Crippen molar-refractivity contribution in [2.75, 3.05) is 6.54 Å². The summed E-state index contributed by atoms with van der Waals surface area (Å²) in [5, 5.41) is 11.9. The van der Waals surface area contributed by atoms with Gasteiger partial charge < -0.3 is 10.6 Å². The Kier molecular flexibility index (Phi) is 5.15. The van der Waals surface area contributed by atoms with E-state index in [9.17, 15) is 14.4 Å². The van der Waals surface area contributed by atoms with Crippen molar-refractivity contribution in [3.8, 4) is 0 Å². The highest BCUT2D eigenvalue weighted by atomic mass is 35.5. The second-order valence-corrected chi connectivity index (χ2v) is 5.12. The summed E-state index contributed by atoms with van der Waals surface area (Å²) in [6.07, 6.45) is 4.36. The van der Waals surface area contributed by atoms with Crippen LogP contribution in [0.5, 0.6) is 0 Å². The Hall–Kier alpha value is -2.09. The molecule has 0 saturated carbocycles. The summed E-state index contributed by atoms with van der Waals surface area (Å²) in [5.41, 5.74) is 0. The van der Waals surface area contributed by atoms with Crippen molar-refractivity contribution in [1.82, 2.24) is 25.7 Å². The maximum Gasteiger partial charge on any atom is 0.322 e. The molecule has 0 aromatic carbocycles. The monoisotopic (exact) mass is 313 g/mol. The van der Waals surface area contributed by atoms with Crippen LogP contribution in [0.3, 0.4) is 0 Å². The van der Waals surface area contributed by atoms with Crippen LogP contribution < -0.4 is 16.0 Å². The average molecular weight is 314 g/mol. The molecule has 9 heteroatoms. The van der Waals surface area contributed by atoms with E-state index in [-0.39, 0.29) is 24.7 Å². The highest BCUT2D eigenvalue weighted by molar-refractivity contribution is 6.30. The topological polar surface area (TPSA) is 105 Å². The summed E-state index contributed by atoms with van der Waals surface area (Å²) < 4.78 is 1.69. The summed E-state index contributed by atoms with van der Waals surface area (Å²) in [7, 11) is 0. The Labute approximate surface area is 126 Å². The molecule has 1 aliphatic rings. The third-order valence-corrected chi connectivity index (χ3v) is 3.19. The number of rotatable bonds is 5. The molecule has 8 nitrogen and oxygen atoms in total. The van der Waals surface area contributed by atoms with E-state index in [1.165, 1.54) is 0 Å². The molecule has 0 bridgehead atoms. The molecule has 21 heavy (non-hydrogen) atoms. The van der Waals surface area contributed by atoms with E-state index in [0.717, 1.165) is 0 Å². The molecule has 114 valence electrons. The third kappa shape index (κ3) is 4.75.